The number of ether oxygens (including phenoxy) is 1. The molecule has 7 heteroatoms. The highest BCUT2D eigenvalue weighted by Crippen LogP contribution is 2.23. The Hall–Kier alpha value is -1.30. The number of benzene rings is 1. The first kappa shape index (κ1) is 14.1. The van der Waals surface area contributed by atoms with Gasteiger partial charge in [0.25, 0.3) is 5.91 Å². The predicted octanol–water partition coefficient (Wildman–Crippen LogP) is 1.92. The van der Waals surface area contributed by atoms with Crippen molar-refractivity contribution >= 4 is 35.1 Å². The maximum absolute atomic E-state index is 12.2. The van der Waals surface area contributed by atoms with Gasteiger partial charge in [0.15, 0.2) is 6.10 Å². The number of hydrogen-bond acceptors (Lipinski definition) is 3. The van der Waals surface area contributed by atoms with E-state index < -0.39 is 12.1 Å². The molecule has 0 aromatic heterocycles. The lowest BCUT2D eigenvalue weighted by atomic mass is 10.1. The summed E-state index contributed by atoms with van der Waals surface area (Å²) in [5.41, 5.74) is 0.375. The summed E-state index contributed by atoms with van der Waals surface area (Å²) in [6.45, 7) is 0.571. The molecule has 1 saturated heterocycles. The molecule has 0 bridgehead atoms. The van der Waals surface area contributed by atoms with Gasteiger partial charge in [0.05, 0.1) is 23.2 Å². The van der Waals surface area contributed by atoms with Crippen molar-refractivity contribution in [1.82, 2.24) is 4.90 Å². The van der Waals surface area contributed by atoms with Crippen LogP contribution in [0.2, 0.25) is 10.0 Å². The molecule has 1 aromatic rings. The Balaban J connectivity index is 2.14. The Morgan fingerprint density at radius 2 is 2.05 bits per heavy atom. The minimum Gasteiger partial charge on any atom is -0.479 e. The van der Waals surface area contributed by atoms with E-state index in [1.165, 1.54) is 17.0 Å². The van der Waals surface area contributed by atoms with Crippen molar-refractivity contribution in [3.8, 4) is 0 Å². The summed E-state index contributed by atoms with van der Waals surface area (Å²) < 4.78 is 5.06. The van der Waals surface area contributed by atoms with Crippen LogP contribution in [0.3, 0.4) is 0 Å². The maximum atomic E-state index is 12.2. The quantitative estimate of drug-likeness (QED) is 0.906. The summed E-state index contributed by atoms with van der Waals surface area (Å²) in [5.74, 6) is -1.36. The smallest absolute Gasteiger partial charge is 0.334 e. The molecule has 1 aromatic carbocycles. The lowest BCUT2D eigenvalue weighted by molar-refractivity contribution is -0.154. The second-order valence-corrected chi connectivity index (χ2v) is 4.89. The van der Waals surface area contributed by atoms with E-state index in [0.29, 0.717) is 17.1 Å². The van der Waals surface area contributed by atoms with Gasteiger partial charge in [0, 0.05) is 12.1 Å². The molecule has 1 unspecified atom stereocenters. The molecule has 1 N–H and O–H groups in total. The first-order valence-electron chi connectivity index (χ1n) is 5.58. The number of hydrogen-bond donors (Lipinski definition) is 1. The van der Waals surface area contributed by atoms with Crippen molar-refractivity contribution in [2.45, 2.75) is 6.10 Å². The molecule has 2 rings (SSSR count). The second-order valence-electron chi connectivity index (χ2n) is 4.08. The van der Waals surface area contributed by atoms with Crippen LogP contribution in [-0.4, -0.2) is 47.7 Å². The maximum Gasteiger partial charge on any atom is 0.334 e. The van der Waals surface area contributed by atoms with Crippen LogP contribution in [0.4, 0.5) is 0 Å². The monoisotopic (exact) mass is 303 g/mol. The standard InChI is InChI=1S/C12H11Cl2NO4/c13-8-2-1-7(5-9(8)14)11(16)15-3-4-19-10(6-15)12(17)18/h1-2,5,10H,3-4,6H2,(H,17,18). The zero-order valence-corrected chi connectivity index (χ0v) is 11.3. The normalized spacial score (nSPS) is 19.3. The average Bonchev–Trinajstić information content (AvgIpc) is 2.41. The topological polar surface area (TPSA) is 66.8 Å². The van der Waals surface area contributed by atoms with Crippen LogP contribution in [-0.2, 0) is 9.53 Å². The minimum absolute atomic E-state index is 0.0222. The van der Waals surface area contributed by atoms with E-state index in [0.717, 1.165) is 0 Å². The number of carbonyl (C=O) groups excluding carboxylic acids is 1. The summed E-state index contributed by atoms with van der Waals surface area (Å²) in [4.78, 5) is 24.5. The van der Waals surface area contributed by atoms with E-state index in [-0.39, 0.29) is 24.1 Å². The van der Waals surface area contributed by atoms with Gasteiger partial charge < -0.3 is 14.7 Å². The van der Waals surface area contributed by atoms with Crippen LogP contribution in [0.15, 0.2) is 18.2 Å². The van der Waals surface area contributed by atoms with Crippen molar-refractivity contribution in [3.63, 3.8) is 0 Å². The minimum atomic E-state index is -1.08. The predicted molar refractivity (Wildman–Crippen MR) is 69.7 cm³/mol. The Kier molecular flexibility index (Phi) is 4.29. The Morgan fingerprint density at radius 3 is 2.68 bits per heavy atom. The molecular weight excluding hydrogens is 293 g/mol. The van der Waals surface area contributed by atoms with Gasteiger partial charge >= 0.3 is 5.97 Å². The SMILES string of the molecule is O=C(O)C1CN(C(=O)c2ccc(Cl)c(Cl)c2)CCO1. The van der Waals surface area contributed by atoms with Crippen LogP contribution in [0.5, 0.6) is 0 Å². The molecule has 102 valence electrons. The number of aliphatic carboxylic acids is 1. The fraction of sp³-hybridized carbons (Fsp3) is 0.333. The first-order chi connectivity index (χ1) is 8.99. The van der Waals surface area contributed by atoms with Crippen molar-refractivity contribution < 1.29 is 19.4 Å². The zero-order valence-electron chi connectivity index (χ0n) is 9.81. The van der Waals surface area contributed by atoms with Gasteiger partial charge in [-0.25, -0.2) is 4.79 Å². The van der Waals surface area contributed by atoms with E-state index in [2.05, 4.69) is 0 Å². The molecular formula is C12H11Cl2NO4. The van der Waals surface area contributed by atoms with Crippen molar-refractivity contribution in [2.24, 2.45) is 0 Å². The third kappa shape index (κ3) is 3.18. The molecule has 1 atom stereocenters. The Labute approximate surface area is 119 Å². The highest BCUT2D eigenvalue weighted by atomic mass is 35.5. The molecule has 5 nitrogen and oxygen atoms in total. The van der Waals surface area contributed by atoms with Crippen LogP contribution >= 0.6 is 23.2 Å². The zero-order chi connectivity index (χ0) is 14.0. The van der Waals surface area contributed by atoms with Crippen molar-refractivity contribution in [1.29, 1.82) is 0 Å². The molecule has 1 fully saturated rings. The van der Waals surface area contributed by atoms with E-state index in [4.69, 9.17) is 33.0 Å². The van der Waals surface area contributed by atoms with Crippen molar-refractivity contribution in [3.05, 3.63) is 33.8 Å². The summed E-state index contributed by atoms with van der Waals surface area (Å²) in [6.07, 6.45) is -0.986. The highest BCUT2D eigenvalue weighted by Gasteiger charge is 2.29. The summed E-state index contributed by atoms with van der Waals surface area (Å²) in [7, 11) is 0. The van der Waals surface area contributed by atoms with Gasteiger partial charge in [-0.2, -0.15) is 0 Å². The summed E-state index contributed by atoms with van der Waals surface area (Å²) in [6, 6.07) is 4.56. The molecule has 0 saturated carbocycles. The average molecular weight is 304 g/mol. The number of nitrogens with zero attached hydrogens (tertiary/aromatic N) is 1. The number of rotatable bonds is 2. The molecule has 0 radical (unpaired) electrons. The largest absolute Gasteiger partial charge is 0.479 e. The number of amides is 1. The van der Waals surface area contributed by atoms with Gasteiger partial charge in [-0.3, -0.25) is 4.79 Å². The fourth-order valence-electron chi connectivity index (χ4n) is 1.79. The first-order valence-corrected chi connectivity index (χ1v) is 6.33. The molecule has 1 heterocycles. The Morgan fingerprint density at radius 1 is 1.32 bits per heavy atom. The number of halogens is 2. The fourth-order valence-corrected chi connectivity index (χ4v) is 2.09. The van der Waals surface area contributed by atoms with E-state index in [1.807, 2.05) is 0 Å². The third-order valence-electron chi connectivity index (χ3n) is 2.80. The van der Waals surface area contributed by atoms with Crippen LogP contribution in [0.1, 0.15) is 10.4 Å². The molecule has 0 spiro atoms. The van der Waals surface area contributed by atoms with E-state index >= 15 is 0 Å². The van der Waals surface area contributed by atoms with Gasteiger partial charge in [-0.15, -0.1) is 0 Å². The molecule has 1 amide bonds. The number of carboxylic acid groups (broad SMARTS) is 1. The molecule has 19 heavy (non-hydrogen) atoms. The number of morpholine rings is 1. The molecule has 1 aliphatic heterocycles. The second kappa shape index (κ2) is 5.77. The number of carboxylic acids is 1. The van der Waals surface area contributed by atoms with Crippen LogP contribution < -0.4 is 0 Å². The lowest BCUT2D eigenvalue weighted by Crippen LogP contribution is -2.48. The number of carbonyl (C=O) groups is 2. The molecule has 0 aliphatic carbocycles. The van der Waals surface area contributed by atoms with Gasteiger partial charge in [-0.1, -0.05) is 23.2 Å². The summed E-state index contributed by atoms with van der Waals surface area (Å²) >= 11 is 11.6. The highest BCUT2D eigenvalue weighted by molar-refractivity contribution is 6.42. The van der Waals surface area contributed by atoms with E-state index in [9.17, 15) is 9.59 Å². The van der Waals surface area contributed by atoms with Crippen LogP contribution in [0.25, 0.3) is 0 Å². The van der Waals surface area contributed by atoms with Crippen LogP contribution in [0, 0.1) is 0 Å². The Bertz CT molecular complexity index is 520. The van der Waals surface area contributed by atoms with Crippen molar-refractivity contribution in [2.75, 3.05) is 19.7 Å². The third-order valence-corrected chi connectivity index (χ3v) is 3.53. The van der Waals surface area contributed by atoms with Gasteiger partial charge in [0.2, 0.25) is 0 Å². The van der Waals surface area contributed by atoms with E-state index in [1.54, 1.807) is 6.07 Å². The van der Waals surface area contributed by atoms with Gasteiger partial charge in [0.1, 0.15) is 0 Å². The molecule has 1 aliphatic rings. The summed E-state index contributed by atoms with van der Waals surface area (Å²) in [5, 5.41) is 9.54. The van der Waals surface area contributed by atoms with Gasteiger partial charge in [-0.05, 0) is 18.2 Å². The lowest BCUT2D eigenvalue weighted by Gasteiger charge is -2.31.